The van der Waals surface area contributed by atoms with Crippen molar-refractivity contribution in [3.63, 3.8) is 0 Å². The Morgan fingerprint density at radius 3 is 1.57 bits per heavy atom. The van der Waals surface area contributed by atoms with Gasteiger partial charge in [0.1, 0.15) is 30.5 Å². The van der Waals surface area contributed by atoms with E-state index in [0.29, 0.717) is 13.0 Å². The third kappa shape index (κ3) is 36.5. The zero-order valence-electron chi connectivity index (χ0n) is 40.5. The molecule has 378 valence electrons. The van der Waals surface area contributed by atoms with Crippen LogP contribution in [0.3, 0.4) is 0 Å². The van der Waals surface area contributed by atoms with Crippen LogP contribution in [0.5, 0.6) is 0 Å². The van der Waals surface area contributed by atoms with E-state index in [1.165, 1.54) is 89.9 Å². The van der Waals surface area contributed by atoms with Crippen LogP contribution in [0, 0.1) is 0 Å². The first kappa shape index (κ1) is 60.8. The molecule has 13 heteroatoms. The van der Waals surface area contributed by atoms with E-state index >= 15 is 0 Å². The number of esters is 1. The van der Waals surface area contributed by atoms with E-state index in [-0.39, 0.29) is 19.6 Å². The zero-order chi connectivity index (χ0) is 47.5. The highest BCUT2D eigenvalue weighted by Gasteiger charge is 2.48. The monoisotopic (exact) mass is 941 g/mol. The van der Waals surface area contributed by atoms with Crippen LogP contribution in [0.25, 0.3) is 0 Å². The van der Waals surface area contributed by atoms with Gasteiger partial charge in [0.2, 0.25) is 0 Å². The second-order valence-electron chi connectivity index (χ2n) is 17.4. The van der Waals surface area contributed by atoms with Gasteiger partial charge in [-0.25, -0.2) is 4.18 Å². The van der Waals surface area contributed by atoms with Crippen molar-refractivity contribution in [1.82, 2.24) is 0 Å². The third-order valence-electron chi connectivity index (χ3n) is 11.4. The van der Waals surface area contributed by atoms with Crippen LogP contribution in [0.4, 0.5) is 0 Å². The quantitative estimate of drug-likeness (QED) is 0.0197. The molecule has 0 spiro atoms. The highest BCUT2D eigenvalue weighted by Crippen LogP contribution is 2.26. The smallest absolute Gasteiger partial charge is 0.397 e. The van der Waals surface area contributed by atoms with Crippen LogP contribution in [0.2, 0.25) is 0 Å². The van der Waals surface area contributed by atoms with Crippen LogP contribution < -0.4 is 0 Å². The molecule has 1 heterocycles. The van der Waals surface area contributed by atoms with Gasteiger partial charge in [-0.2, -0.15) is 8.42 Å². The molecule has 1 saturated heterocycles. The molecule has 0 aromatic rings. The Morgan fingerprint density at radius 2 is 1.06 bits per heavy atom. The minimum absolute atomic E-state index is 0.0250. The van der Waals surface area contributed by atoms with E-state index in [4.69, 9.17) is 18.9 Å². The minimum atomic E-state index is -5.07. The van der Waals surface area contributed by atoms with Crippen molar-refractivity contribution in [2.75, 3.05) is 26.4 Å². The van der Waals surface area contributed by atoms with Gasteiger partial charge < -0.3 is 34.3 Å². The summed E-state index contributed by atoms with van der Waals surface area (Å²) in [7, 11) is -5.07. The molecule has 65 heavy (non-hydrogen) atoms. The third-order valence-corrected chi connectivity index (χ3v) is 11.8. The Hall–Kier alpha value is -2.20. The Bertz CT molecular complexity index is 1360. The van der Waals surface area contributed by atoms with E-state index in [1.807, 2.05) is 0 Å². The van der Waals surface area contributed by atoms with E-state index in [9.17, 15) is 33.1 Å². The van der Waals surface area contributed by atoms with E-state index < -0.39 is 59.8 Å². The average molecular weight is 941 g/mol. The van der Waals surface area contributed by atoms with Crippen molar-refractivity contribution < 1.29 is 56.2 Å². The summed E-state index contributed by atoms with van der Waals surface area (Å²) in [5.74, 6) is -0.408. The maximum absolute atomic E-state index is 12.9. The molecule has 0 aromatic heterocycles. The molecular weight excluding hydrogens is 849 g/mol. The highest BCUT2D eigenvalue weighted by molar-refractivity contribution is 7.80. The summed E-state index contributed by atoms with van der Waals surface area (Å²) in [6.07, 6.45) is 45.3. The summed E-state index contributed by atoms with van der Waals surface area (Å²) in [6.45, 7) is 3.86. The molecule has 0 aliphatic carbocycles. The van der Waals surface area contributed by atoms with Gasteiger partial charge in [-0.1, -0.05) is 177 Å². The Kier molecular flexibility index (Phi) is 40.3. The standard InChI is InChI=1S/C52H92O12S/c1-3-5-7-9-11-13-15-17-19-21-23-24-26-28-30-32-34-36-38-40-42-60-44-46(45-61-52-50(56)51(64-65(57,58)59)49(55)47(43-53)63-52)62-48(54)41-39-37-35-33-31-29-27-25-22-20-18-16-14-12-10-8-6-4-2/h5,7,11,13,17,19-20,22-24,46-47,49-53,55-56H,3-4,6,8-10,12,14-16,18,21,25-45H2,1-2H3,(H,57,58,59)/b7-5-,13-11-,19-17-,22-20-,24-23-. The molecule has 1 rings (SSSR count). The predicted octanol–water partition coefficient (Wildman–Crippen LogP) is 11.7. The van der Waals surface area contributed by atoms with Crippen molar-refractivity contribution in [2.24, 2.45) is 0 Å². The molecule has 0 saturated carbocycles. The van der Waals surface area contributed by atoms with Gasteiger partial charge in [0.25, 0.3) is 0 Å². The van der Waals surface area contributed by atoms with Crippen LogP contribution in [-0.2, 0) is 38.3 Å². The van der Waals surface area contributed by atoms with Gasteiger partial charge in [0, 0.05) is 13.0 Å². The van der Waals surface area contributed by atoms with Crippen LogP contribution in [0.15, 0.2) is 60.8 Å². The largest absolute Gasteiger partial charge is 0.457 e. The summed E-state index contributed by atoms with van der Waals surface area (Å²) in [4.78, 5) is 12.9. The molecule has 0 aromatic carbocycles. The molecule has 1 fully saturated rings. The number of aliphatic hydroxyl groups excluding tert-OH is 3. The summed E-state index contributed by atoms with van der Waals surface area (Å²) < 4.78 is 59.2. The van der Waals surface area contributed by atoms with Crippen molar-refractivity contribution in [3.8, 4) is 0 Å². The number of hydrogen-bond acceptors (Lipinski definition) is 11. The van der Waals surface area contributed by atoms with Gasteiger partial charge >= 0.3 is 16.4 Å². The maximum atomic E-state index is 12.9. The summed E-state index contributed by atoms with van der Waals surface area (Å²) in [5, 5.41) is 30.8. The number of aliphatic hydroxyl groups is 3. The Balaban J connectivity index is 2.38. The summed E-state index contributed by atoms with van der Waals surface area (Å²) in [5.41, 5.74) is 0. The molecule has 1 aliphatic rings. The summed E-state index contributed by atoms with van der Waals surface area (Å²) >= 11 is 0. The number of unbranched alkanes of at least 4 members (excludes halogenated alkanes) is 21. The van der Waals surface area contributed by atoms with Crippen molar-refractivity contribution >= 4 is 16.4 Å². The van der Waals surface area contributed by atoms with Crippen molar-refractivity contribution in [3.05, 3.63) is 60.8 Å². The summed E-state index contributed by atoms with van der Waals surface area (Å²) in [6, 6.07) is 0. The van der Waals surface area contributed by atoms with E-state index in [2.05, 4.69) is 78.8 Å². The molecular formula is C52H92O12S. The molecule has 6 atom stereocenters. The zero-order valence-corrected chi connectivity index (χ0v) is 41.4. The first-order valence-corrected chi connectivity index (χ1v) is 26.9. The van der Waals surface area contributed by atoms with Gasteiger partial charge in [-0.15, -0.1) is 0 Å². The molecule has 0 bridgehead atoms. The second kappa shape index (κ2) is 43.1. The maximum Gasteiger partial charge on any atom is 0.397 e. The first-order valence-electron chi connectivity index (χ1n) is 25.5. The van der Waals surface area contributed by atoms with E-state index in [0.717, 1.165) is 83.5 Å². The van der Waals surface area contributed by atoms with Crippen molar-refractivity contribution in [1.29, 1.82) is 0 Å². The highest BCUT2D eigenvalue weighted by atomic mass is 32.3. The fourth-order valence-corrected chi connectivity index (χ4v) is 8.05. The van der Waals surface area contributed by atoms with Gasteiger partial charge in [0.05, 0.1) is 19.8 Å². The lowest BCUT2D eigenvalue weighted by Crippen LogP contribution is -2.60. The molecule has 0 amide bonds. The number of allylic oxidation sites excluding steroid dienone is 10. The van der Waals surface area contributed by atoms with Crippen LogP contribution in [0.1, 0.15) is 200 Å². The normalized spacial score (nSPS) is 20.1. The fraction of sp³-hybridized carbons (Fsp3) is 0.788. The van der Waals surface area contributed by atoms with Crippen molar-refractivity contribution in [2.45, 2.75) is 237 Å². The predicted molar refractivity (Wildman–Crippen MR) is 262 cm³/mol. The topological polar surface area (TPSA) is 178 Å². The van der Waals surface area contributed by atoms with Gasteiger partial charge in [0.15, 0.2) is 6.29 Å². The van der Waals surface area contributed by atoms with Gasteiger partial charge in [-0.3, -0.25) is 9.35 Å². The Labute approximate surface area is 395 Å². The van der Waals surface area contributed by atoms with Crippen LogP contribution in [-0.4, -0.2) is 97.5 Å². The lowest BCUT2D eigenvalue weighted by atomic mass is 9.99. The first-order chi connectivity index (χ1) is 31.6. The number of carbonyl (C=O) groups excluding carboxylic acids is 1. The second-order valence-corrected chi connectivity index (χ2v) is 18.4. The molecule has 12 nitrogen and oxygen atoms in total. The number of rotatable bonds is 44. The van der Waals surface area contributed by atoms with Crippen LogP contribution >= 0.6 is 0 Å². The number of carbonyl (C=O) groups is 1. The van der Waals surface area contributed by atoms with E-state index in [1.54, 1.807) is 0 Å². The molecule has 1 aliphatic heterocycles. The fourth-order valence-electron chi connectivity index (χ4n) is 7.54. The minimum Gasteiger partial charge on any atom is -0.457 e. The average Bonchev–Trinajstić information content (AvgIpc) is 3.28. The molecule has 6 unspecified atom stereocenters. The lowest BCUT2D eigenvalue weighted by Gasteiger charge is -2.41. The number of hydrogen-bond donors (Lipinski definition) is 4. The SMILES string of the molecule is CC/C=C\C/C=C\C/C=C\C/C=C\CCCCCCCCCOCC(COC1OC(CO)C(O)C(OS(=O)(=O)O)C1O)OC(=O)CCCCCCCCC/C=C\CCCCCCCCC. The Morgan fingerprint density at radius 1 is 0.600 bits per heavy atom. The molecule has 0 radical (unpaired) electrons. The lowest BCUT2D eigenvalue weighted by molar-refractivity contribution is -0.301. The number of ether oxygens (including phenoxy) is 4. The molecule has 4 N–H and O–H groups in total. The van der Waals surface area contributed by atoms with Gasteiger partial charge in [-0.05, 0) is 77.0 Å².